The molecule has 1 heterocycles. The second kappa shape index (κ2) is 10.9. The molecule has 0 spiro atoms. The molecule has 0 bridgehead atoms. The normalized spacial score (nSPS) is 10.3. The monoisotopic (exact) mass is 430 g/mol. The first-order valence-corrected chi connectivity index (χ1v) is 10.5. The molecule has 0 saturated heterocycles. The summed E-state index contributed by atoms with van der Waals surface area (Å²) in [6.07, 6.45) is 1.74. The topological polar surface area (TPSA) is 85.2 Å². The predicted molar refractivity (Wildman–Crippen MR) is 124 cm³/mol. The molecule has 0 atom stereocenters. The Balaban J connectivity index is 1.56. The van der Waals surface area contributed by atoms with E-state index in [1.54, 1.807) is 42.5 Å². The SMILES string of the molecule is C=CCN(CC(=O)Nc1ccc(NC(=O)c2cccs2)cc1)Cc1cccc(C#N)c1. The number of benzene rings is 2. The number of anilines is 2. The summed E-state index contributed by atoms with van der Waals surface area (Å²) in [6, 6.07) is 20.0. The zero-order valence-electron chi connectivity index (χ0n) is 16.9. The second-order valence-corrected chi connectivity index (χ2v) is 7.78. The van der Waals surface area contributed by atoms with Gasteiger partial charge in [0.1, 0.15) is 0 Å². The van der Waals surface area contributed by atoms with E-state index in [-0.39, 0.29) is 18.4 Å². The Morgan fingerprint density at radius 3 is 2.45 bits per heavy atom. The quantitative estimate of drug-likeness (QED) is 0.490. The molecule has 0 aliphatic heterocycles. The van der Waals surface area contributed by atoms with Gasteiger partial charge in [0, 0.05) is 24.5 Å². The van der Waals surface area contributed by atoms with Crippen molar-refractivity contribution in [3.05, 3.63) is 94.7 Å². The smallest absolute Gasteiger partial charge is 0.265 e. The van der Waals surface area contributed by atoms with E-state index in [2.05, 4.69) is 23.3 Å². The fourth-order valence-corrected chi connectivity index (χ4v) is 3.62. The van der Waals surface area contributed by atoms with Gasteiger partial charge >= 0.3 is 0 Å². The molecule has 31 heavy (non-hydrogen) atoms. The number of carbonyl (C=O) groups excluding carboxylic acids is 2. The summed E-state index contributed by atoms with van der Waals surface area (Å²) in [4.78, 5) is 27.2. The summed E-state index contributed by atoms with van der Waals surface area (Å²) in [5, 5.41) is 16.6. The molecule has 0 radical (unpaired) electrons. The van der Waals surface area contributed by atoms with Crippen LogP contribution in [0.15, 0.2) is 78.7 Å². The number of nitrogens with zero attached hydrogens (tertiary/aromatic N) is 2. The van der Waals surface area contributed by atoms with Crippen molar-refractivity contribution in [2.75, 3.05) is 23.7 Å². The second-order valence-electron chi connectivity index (χ2n) is 6.83. The van der Waals surface area contributed by atoms with Crippen molar-refractivity contribution >= 4 is 34.5 Å². The first-order chi connectivity index (χ1) is 15.1. The van der Waals surface area contributed by atoms with Crippen LogP contribution in [0.1, 0.15) is 20.8 Å². The third-order valence-corrected chi connectivity index (χ3v) is 5.26. The molecule has 3 aromatic rings. The lowest BCUT2D eigenvalue weighted by molar-refractivity contribution is -0.117. The van der Waals surface area contributed by atoms with Gasteiger partial charge in [-0.2, -0.15) is 5.26 Å². The molecule has 0 aliphatic rings. The third kappa shape index (κ3) is 6.64. The van der Waals surface area contributed by atoms with Crippen LogP contribution in [0, 0.1) is 11.3 Å². The van der Waals surface area contributed by atoms with Gasteiger partial charge in [0.15, 0.2) is 0 Å². The lowest BCUT2D eigenvalue weighted by Gasteiger charge is -2.20. The lowest BCUT2D eigenvalue weighted by Crippen LogP contribution is -2.33. The Labute approximate surface area is 185 Å². The molecular formula is C24H22N4O2S. The number of nitriles is 1. The first-order valence-electron chi connectivity index (χ1n) is 9.64. The number of thiophene rings is 1. The van der Waals surface area contributed by atoms with Crippen molar-refractivity contribution in [3.8, 4) is 6.07 Å². The van der Waals surface area contributed by atoms with Crippen LogP contribution in [0.3, 0.4) is 0 Å². The molecule has 2 aromatic carbocycles. The standard InChI is InChI=1S/C24H22N4O2S/c1-2-12-28(16-19-6-3-5-18(14-19)15-25)17-23(29)26-20-8-10-21(11-9-20)27-24(30)22-7-4-13-31-22/h2-11,13-14H,1,12,16-17H2,(H,26,29)(H,27,30). The molecule has 1 aromatic heterocycles. The zero-order valence-corrected chi connectivity index (χ0v) is 17.7. The van der Waals surface area contributed by atoms with E-state index in [1.165, 1.54) is 11.3 Å². The van der Waals surface area contributed by atoms with Gasteiger partial charge in [0.25, 0.3) is 5.91 Å². The number of amides is 2. The molecule has 0 aliphatic carbocycles. The molecule has 2 N–H and O–H groups in total. The predicted octanol–water partition coefficient (Wildman–Crippen LogP) is 4.50. The number of hydrogen-bond donors (Lipinski definition) is 2. The van der Waals surface area contributed by atoms with Crippen molar-refractivity contribution in [2.24, 2.45) is 0 Å². The Kier molecular flexibility index (Phi) is 7.71. The van der Waals surface area contributed by atoms with Gasteiger partial charge < -0.3 is 10.6 Å². The van der Waals surface area contributed by atoms with Crippen LogP contribution < -0.4 is 10.6 Å². The molecule has 0 unspecified atom stereocenters. The minimum Gasteiger partial charge on any atom is -0.325 e. The Morgan fingerprint density at radius 2 is 1.81 bits per heavy atom. The number of carbonyl (C=O) groups is 2. The van der Waals surface area contributed by atoms with E-state index in [4.69, 9.17) is 5.26 Å². The minimum atomic E-state index is -0.160. The Bertz CT molecular complexity index is 1090. The minimum absolute atomic E-state index is 0.159. The fraction of sp³-hybridized carbons (Fsp3) is 0.125. The molecule has 3 rings (SSSR count). The molecular weight excluding hydrogens is 408 g/mol. The van der Waals surface area contributed by atoms with Gasteiger partial charge in [0.05, 0.1) is 23.1 Å². The summed E-state index contributed by atoms with van der Waals surface area (Å²) < 4.78 is 0. The number of rotatable bonds is 9. The van der Waals surface area contributed by atoms with Crippen molar-refractivity contribution in [3.63, 3.8) is 0 Å². The highest BCUT2D eigenvalue weighted by atomic mass is 32.1. The van der Waals surface area contributed by atoms with Crippen LogP contribution in [-0.4, -0.2) is 29.8 Å². The van der Waals surface area contributed by atoms with Crippen LogP contribution in [-0.2, 0) is 11.3 Å². The van der Waals surface area contributed by atoms with Crippen molar-refractivity contribution in [1.29, 1.82) is 5.26 Å². The van der Waals surface area contributed by atoms with Crippen LogP contribution in [0.25, 0.3) is 0 Å². The lowest BCUT2D eigenvalue weighted by atomic mass is 10.1. The van der Waals surface area contributed by atoms with Crippen LogP contribution >= 0.6 is 11.3 Å². The Hall–Kier alpha value is -3.73. The van der Waals surface area contributed by atoms with Crippen molar-refractivity contribution in [1.82, 2.24) is 4.90 Å². The molecule has 2 amide bonds. The highest BCUT2D eigenvalue weighted by Gasteiger charge is 2.12. The largest absolute Gasteiger partial charge is 0.325 e. The number of nitrogens with one attached hydrogen (secondary N) is 2. The van der Waals surface area contributed by atoms with Crippen LogP contribution in [0.2, 0.25) is 0 Å². The van der Waals surface area contributed by atoms with Gasteiger partial charge in [-0.3, -0.25) is 14.5 Å². The third-order valence-electron chi connectivity index (χ3n) is 4.39. The average molecular weight is 431 g/mol. The molecule has 0 fully saturated rings. The highest BCUT2D eigenvalue weighted by Crippen LogP contribution is 2.16. The van der Waals surface area contributed by atoms with Crippen molar-refractivity contribution < 1.29 is 9.59 Å². The van der Waals surface area contributed by atoms with Gasteiger partial charge in [-0.1, -0.05) is 24.3 Å². The maximum atomic E-state index is 12.5. The summed E-state index contributed by atoms with van der Waals surface area (Å²) >= 11 is 1.38. The van der Waals surface area contributed by atoms with E-state index in [1.807, 2.05) is 34.5 Å². The molecule has 6 nitrogen and oxygen atoms in total. The molecule has 0 saturated carbocycles. The van der Waals surface area contributed by atoms with Gasteiger partial charge in [-0.15, -0.1) is 17.9 Å². The van der Waals surface area contributed by atoms with E-state index in [0.717, 1.165) is 5.56 Å². The first kappa shape index (κ1) is 22.0. The maximum absolute atomic E-state index is 12.5. The van der Waals surface area contributed by atoms with E-state index in [9.17, 15) is 9.59 Å². The van der Waals surface area contributed by atoms with E-state index >= 15 is 0 Å². The van der Waals surface area contributed by atoms with Crippen molar-refractivity contribution in [2.45, 2.75) is 6.54 Å². The van der Waals surface area contributed by atoms with E-state index < -0.39 is 0 Å². The average Bonchev–Trinajstić information content (AvgIpc) is 3.30. The fourth-order valence-electron chi connectivity index (χ4n) is 3.01. The summed E-state index contributed by atoms with van der Waals surface area (Å²) in [7, 11) is 0. The summed E-state index contributed by atoms with van der Waals surface area (Å²) in [5.74, 6) is -0.319. The summed E-state index contributed by atoms with van der Waals surface area (Å²) in [6.45, 7) is 5.01. The van der Waals surface area contributed by atoms with Gasteiger partial charge in [-0.05, 0) is 53.4 Å². The highest BCUT2D eigenvalue weighted by molar-refractivity contribution is 7.12. The van der Waals surface area contributed by atoms with Gasteiger partial charge in [-0.25, -0.2) is 0 Å². The summed E-state index contributed by atoms with van der Waals surface area (Å²) in [5.41, 5.74) is 2.84. The number of hydrogen-bond acceptors (Lipinski definition) is 5. The molecule has 7 heteroatoms. The van der Waals surface area contributed by atoms with E-state index in [0.29, 0.717) is 34.9 Å². The molecule has 156 valence electrons. The Morgan fingerprint density at radius 1 is 1.06 bits per heavy atom. The van der Waals surface area contributed by atoms with Crippen LogP contribution in [0.4, 0.5) is 11.4 Å². The maximum Gasteiger partial charge on any atom is 0.265 e. The van der Waals surface area contributed by atoms with Gasteiger partial charge in [0.2, 0.25) is 5.91 Å². The zero-order chi connectivity index (χ0) is 22.1. The van der Waals surface area contributed by atoms with Crippen LogP contribution in [0.5, 0.6) is 0 Å².